The number of rotatable bonds is 2. The number of aliphatic hydroxyl groups is 1. The van der Waals surface area contributed by atoms with Gasteiger partial charge in [0.15, 0.2) is 0 Å². The molecule has 22 heavy (non-hydrogen) atoms. The summed E-state index contributed by atoms with van der Waals surface area (Å²) in [6.07, 6.45) is 1.60. The van der Waals surface area contributed by atoms with Crippen LogP contribution in [0.15, 0.2) is 24.3 Å². The number of ether oxygens (including phenoxy) is 1. The van der Waals surface area contributed by atoms with Gasteiger partial charge in [-0.05, 0) is 24.5 Å². The zero-order valence-electron chi connectivity index (χ0n) is 12.6. The van der Waals surface area contributed by atoms with Gasteiger partial charge in [0.2, 0.25) is 5.91 Å². The van der Waals surface area contributed by atoms with Gasteiger partial charge in [-0.1, -0.05) is 18.2 Å². The van der Waals surface area contributed by atoms with Crippen LogP contribution in [0.2, 0.25) is 0 Å². The fourth-order valence-corrected chi connectivity index (χ4v) is 4.23. The summed E-state index contributed by atoms with van der Waals surface area (Å²) in [6, 6.07) is 8.32. The van der Waals surface area contributed by atoms with Crippen LogP contribution in [0.3, 0.4) is 0 Å². The van der Waals surface area contributed by atoms with Crippen molar-refractivity contribution >= 4 is 11.6 Å². The number of fused-ring (bicyclic) bond motifs is 3. The van der Waals surface area contributed by atoms with Gasteiger partial charge in [-0.25, -0.2) is 0 Å². The minimum atomic E-state index is -0.0800. The summed E-state index contributed by atoms with van der Waals surface area (Å²) in [5.41, 5.74) is 2.37. The Morgan fingerprint density at radius 3 is 2.86 bits per heavy atom. The highest BCUT2D eigenvalue weighted by molar-refractivity contribution is 5.82. The van der Waals surface area contributed by atoms with Crippen LogP contribution >= 0.6 is 0 Å². The van der Waals surface area contributed by atoms with Gasteiger partial charge < -0.3 is 20.1 Å². The first-order valence-corrected chi connectivity index (χ1v) is 8.15. The molecule has 4 rings (SSSR count). The van der Waals surface area contributed by atoms with Crippen LogP contribution in [0.4, 0.5) is 5.69 Å². The Labute approximate surface area is 130 Å². The number of hydrogen-bond acceptors (Lipinski definition) is 4. The lowest BCUT2D eigenvalue weighted by Gasteiger charge is -2.58. The molecular formula is C17H22N2O3. The summed E-state index contributed by atoms with van der Waals surface area (Å²) in [4.78, 5) is 14.8. The summed E-state index contributed by atoms with van der Waals surface area (Å²) in [5, 5.41) is 13.3. The Balaban J connectivity index is 1.57. The molecule has 118 valence electrons. The molecule has 0 unspecified atom stereocenters. The van der Waals surface area contributed by atoms with E-state index < -0.39 is 0 Å². The average molecular weight is 302 g/mol. The lowest BCUT2D eigenvalue weighted by atomic mass is 9.71. The fourth-order valence-electron chi connectivity index (χ4n) is 4.23. The van der Waals surface area contributed by atoms with Crippen molar-refractivity contribution in [2.24, 2.45) is 5.92 Å². The molecule has 1 aromatic carbocycles. The second-order valence-corrected chi connectivity index (χ2v) is 6.44. The van der Waals surface area contributed by atoms with E-state index >= 15 is 0 Å². The third kappa shape index (κ3) is 2.03. The molecule has 0 aliphatic carbocycles. The van der Waals surface area contributed by atoms with Gasteiger partial charge in [0.25, 0.3) is 0 Å². The van der Waals surface area contributed by atoms with Crippen molar-refractivity contribution < 1.29 is 14.6 Å². The van der Waals surface area contributed by atoms with Crippen LogP contribution in [0.25, 0.3) is 0 Å². The van der Waals surface area contributed by atoms with Gasteiger partial charge in [0, 0.05) is 37.3 Å². The topological polar surface area (TPSA) is 61.8 Å². The molecule has 5 nitrogen and oxygen atoms in total. The predicted molar refractivity (Wildman–Crippen MR) is 82.7 cm³/mol. The zero-order valence-corrected chi connectivity index (χ0v) is 12.6. The number of likely N-dealkylation sites (tertiary alicyclic amines) is 1. The smallest absolute Gasteiger partial charge is 0.226 e. The van der Waals surface area contributed by atoms with Gasteiger partial charge in [0.1, 0.15) is 0 Å². The molecule has 3 aliphatic rings. The summed E-state index contributed by atoms with van der Waals surface area (Å²) < 4.78 is 5.36. The van der Waals surface area contributed by atoms with Crippen molar-refractivity contribution in [3.8, 4) is 0 Å². The van der Waals surface area contributed by atoms with Crippen molar-refractivity contribution in [2.75, 3.05) is 31.7 Å². The van der Waals surface area contributed by atoms with E-state index in [2.05, 4.69) is 17.4 Å². The van der Waals surface area contributed by atoms with E-state index in [-0.39, 0.29) is 36.4 Å². The number of anilines is 1. The minimum absolute atomic E-state index is 0.0322. The highest BCUT2D eigenvalue weighted by atomic mass is 16.5. The van der Waals surface area contributed by atoms with Crippen LogP contribution in [0.5, 0.6) is 0 Å². The van der Waals surface area contributed by atoms with Gasteiger partial charge in [-0.2, -0.15) is 0 Å². The number of carbonyl (C=O) groups is 1. The average Bonchev–Trinajstić information content (AvgIpc) is 2.56. The van der Waals surface area contributed by atoms with Crippen LogP contribution < -0.4 is 5.32 Å². The van der Waals surface area contributed by atoms with Crippen molar-refractivity contribution in [3.63, 3.8) is 0 Å². The van der Waals surface area contributed by atoms with Crippen LogP contribution in [-0.2, 0) is 9.53 Å². The molecule has 1 aromatic rings. The van der Waals surface area contributed by atoms with Gasteiger partial charge >= 0.3 is 0 Å². The fraction of sp³-hybridized carbons (Fsp3) is 0.588. The molecule has 0 spiro atoms. The molecule has 0 aromatic heterocycles. The quantitative estimate of drug-likeness (QED) is 0.861. The maximum absolute atomic E-state index is 12.8. The number of nitrogens with one attached hydrogen (secondary N) is 1. The van der Waals surface area contributed by atoms with Gasteiger partial charge in [-0.3, -0.25) is 4.79 Å². The molecule has 1 amide bonds. The van der Waals surface area contributed by atoms with E-state index in [1.807, 2.05) is 17.0 Å². The van der Waals surface area contributed by atoms with Crippen LogP contribution in [0, 0.1) is 5.92 Å². The van der Waals surface area contributed by atoms with E-state index in [9.17, 15) is 9.90 Å². The lowest BCUT2D eigenvalue weighted by Crippen LogP contribution is -2.70. The summed E-state index contributed by atoms with van der Waals surface area (Å²) in [7, 11) is 0. The zero-order chi connectivity index (χ0) is 15.1. The van der Waals surface area contributed by atoms with E-state index in [0.29, 0.717) is 13.2 Å². The Kier molecular flexibility index (Phi) is 3.54. The second kappa shape index (κ2) is 5.56. The largest absolute Gasteiger partial charge is 0.394 e. The number of para-hydroxylation sites is 1. The number of nitrogens with zero attached hydrogens (tertiary/aromatic N) is 1. The van der Waals surface area contributed by atoms with Crippen LogP contribution in [0.1, 0.15) is 24.3 Å². The molecule has 5 heteroatoms. The van der Waals surface area contributed by atoms with Gasteiger partial charge in [-0.15, -0.1) is 0 Å². The van der Waals surface area contributed by atoms with Crippen molar-refractivity contribution in [2.45, 2.75) is 30.8 Å². The highest BCUT2D eigenvalue weighted by Gasteiger charge is 2.54. The molecule has 0 saturated carbocycles. The Morgan fingerprint density at radius 2 is 2.09 bits per heavy atom. The standard InChI is InChI=1S/C17H22N2O3/c20-10-15-16-12-3-1-2-4-13(12)18-9-14(16)19(15)17(21)11-5-7-22-8-6-11/h1-4,11,14-16,18,20H,5-10H2/t14-,15-,16+/m0/s1. The van der Waals surface area contributed by atoms with Crippen molar-refractivity contribution in [3.05, 3.63) is 29.8 Å². The second-order valence-electron chi connectivity index (χ2n) is 6.44. The number of carbonyl (C=O) groups excluding carboxylic acids is 1. The lowest BCUT2D eigenvalue weighted by molar-refractivity contribution is -0.157. The molecule has 0 bridgehead atoms. The molecule has 3 aliphatic heterocycles. The first-order valence-electron chi connectivity index (χ1n) is 8.15. The summed E-state index contributed by atoms with van der Waals surface area (Å²) in [5.74, 6) is 0.511. The number of amides is 1. The number of benzene rings is 1. The van der Waals surface area contributed by atoms with Crippen molar-refractivity contribution in [1.29, 1.82) is 0 Å². The maximum Gasteiger partial charge on any atom is 0.226 e. The first kappa shape index (κ1) is 14.0. The minimum Gasteiger partial charge on any atom is -0.394 e. The highest BCUT2D eigenvalue weighted by Crippen LogP contribution is 2.46. The molecule has 2 saturated heterocycles. The molecule has 3 atom stereocenters. The Bertz CT molecular complexity index is 571. The predicted octanol–water partition coefficient (Wildman–Crippen LogP) is 1.19. The molecule has 0 radical (unpaired) electrons. The van der Waals surface area contributed by atoms with E-state index in [0.717, 1.165) is 25.1 Å². The van der Waals surface area contributed by atoms with E-state index in [4.69, 9.17) is 4.74 Å². The molecular weight excluding hydrogens is 280 g/mol. The van der Waals surface area contributed by atoms with Gasteiger partial charge in [0.05, 0.1) is 18.7 Å². The van der Waals surface area contributed by atoms with Crippen molar-refractivity contribution in [1.82, 2.24) is 4.90 Å². The summed E-state index contributed by atoms with van der Waals surface area (Å²) in [6.45, 7) is 2.14. The van der Waals surface area contributed by atoms with E-state index in [1.54, 1.807) is 0 Å². The normalized spacial score (nSPS) is 30.8. The Hall–Kier alpha value is -1.59. The number of aliphatic hydroxyl groups excluding tert-OH is 1. The monoisotopic (exact) mass is 302 g/mol. The maximum atomic E-state index is 12.8. The molecule has 3 heterocycles. The van der Waals surface area contributed by atoms with E-state index in [1.165, 1.54) is 5.56 Å². The molecule has 2 fully saturated rings. The third-order valence-corrected chi connectivity index (χ3v) is 5.38. The van der Waals surface area contributed by atoms with Crippen LogP contribution in [-0.4, -0.2) is 54.4 Å². The first-order chi connectivity index (χ1) is 10.8. The summed E-state index contributed by atoms with van der Waals surface area (Å²) >= 11 is 0. The SMILES string of the molecule is O=C(C1CCOCC1)N1[C@@H](CO)[C@@H]2c3ccccc3NC[C@@H]21. The molecule has 2 N–H and O–H groups in total. The number of hydrogen-bond donors (Lipinski definition) is 2. The Morgan fingerprint density at radius 1 is 1.32 bits per heavy atom. The third-order valence-electron chi connectivity index (χ3n) is 5.38.